The second-order valence-electron chi connectivity index (χ2n) is 6.25. The standard InChI is InChI=1S/C18H34O/c1-6-8-9-10-11-14-17(19)18(5,7-2)15-12-13-16(3)4/h7,13,17,19H,2,6,8-12,14-15H2,1,3-5H3. The summed E-state index contributed by atoms with van der Waals surface area (Å²) in [6.07, 6.45) is 13.1. The van der Waals surface area contributed by atoms with Gasteiger partial charge in [-0.15, -0.1) is 6.58 Å². The molecule has 0 aromatic heterocycles. The van der Waals surface area contributed by atoms with Crippen molar-refractivity contribution in [3.8, 4) is 0 Å². The Morgan fingerprint density at radius 1 is 1.21 bits per heavy atom. The van der Waals surface area contributed by atoms with Crippen molar-refractivity contribution in [1.29, 1.82) is 0 Å². The average Bonchev–Trinajstić information content (AvgIpc) is 2.37. The smallest absolute Gasteiger partial charge is 0.0628 e. The minimum Gasteiger partial charge on any atom is -0.392 e. The van der Waals surface area contributed by atoms with E-state index in [1.54, 1.807) is 0 Å². The van der Waals surface area contributed by atoms with Crippen LogP contribution >= 0.6 is 0 Å². The minimum atomic E-state index is -0.253. The zero-order valence-corrected chi connectivity index (χ0v) is 13.5. The third-order valence-electron chi connectivity index (χ3n) is 4.04. The summed E-state index contributed by atoms with van der Waals surface area (Å²) in [4.78, 5) is 0. The molecule has 2 atom stereocenters. The first-order chi connectivity index (χ1) is 8.96. The van der Waals surface area contributed by atoms with E-state index >= 15 is 0 Å². The molecule has 0 saturated carbocycles. The summed E-state index contributed by atoms with van der Waals surface area (Å²) in [6, 6.07) is 0. The average molecular weight is 266 g/mol. The fourth-order valence-corrected chi connectivity index (χ4v) is 2.35. The van der Waals surface area contributed by atoms with Gasteiger partial charge in [0.2, 0.25) is 0 Å². The molecule has 1 N–H and O–H groups in total. The highest BCUT2D eigenvalue weighted by atomic mass is 16.3. The van der Waals surface area contributed by atoms with E-state index in [2.05, 4.69) is 40.3 Å². The molecule has 0 aliphatic heterocycles. The first-order valence-electron chi connectivity index (χ1n) is 7.91. The van der Waals surface area contributed by atoms with Crippen LogP contribution in [-0.4, -0.2) is 11.2 Å². The Bertz CT molecular complexity index is 263. The maximum Gasteiger partial charge on any atom is 0.0628 e. The fraction of sp³-hybridized carbons (Fsp3) is 0.778. The summed E-state index contributed by atoms with van der Waals surface area (Å²) >= 11 is 0. The Morgan fingerprint density at radius 2 is 1.84 bits per heavy atom. The molecule has 0 aliphatic carbocycles. The molecule has 0 aliphatic rings. The van der Waals surface area contributed by atoms with Crippen molar-refractivity contribution >= 4 is 0 Å². The highest BCUT2D eigenvalue weighted by molar-refractivity contribution is 5.00. The molecule has 0 aromatic rings. The van der Waals surface area contributed by atoms with Crippen LogP contribution in [0.5, 0.6) is 0 Å². The zero-order chi connectivity index (χ0) is 14.7. The van der Waals surface area contributed by atoms with E-state index < -0.39 is 0 Å². The molecule has 0 spiro atoms. The fourth-order valence-electron chi connectivity index (χ4n) is 2.35. The van der Waals surface area contributed by atoms with Crippen molar-refractivity contribution in [3.63, 3.8) is 0 Å². The number of hydrogen-bond acceptors (Lipinski definition) is 1. The van der Waals surface area contributed by atoms with E-state index in [1.165, 1.54) is 31.3 Å². The quantitative estimate of drug-likeness (QED) is 0.378. The lowest BCUT2D eigenvalue weighted by Crippen LogP contribution is -2.30. The number of aliphatic hydroxyl groups is 1. The van der Waals surface area contributed by atoms with Crippen LogP contribution in [0.1, 0.15) is 79.1 Å². The summed E-state index contributed by atoms with van der Waals surface area (Å²) in [5.41, 5.74) is 1.21. The van der Waals surface area contributed by atoms with Crippen LogP contribution < -0.4 is 0 Å². The van der Waals surface area contributed by atoms with E-state index in [0.29, 0.717) is 0 Å². The molecule has 1 nitrogen and oxygen atoms in total. The Balaban J connectivity index is 4.09. The predicted molar refractivity (Wildman–Crippen MR) is 86.4 cm³/mol. The van der Waals surface area contributed by atoms with Gasteiger partial charge in [-0.25, -0.2) is 0 Å². The van der Waals surface area contributed by atoms with Gasteiger partial charge in [0, 0.05) is 5.41 Å². The zero-order valence-electron chi connectivity index (χ0n) is 13.5. The Kier molecular flexibility index (Phi) is 9.95. The summed E-state index contributed by atoms with van der Waals surface area (Å²) < 4.78 is 0. The highest BCUT2D eigenvalue weighted by Crippen LogP contribution is 2.32. The third kappa shape index (κ3) is 8.26. The van der Waals surface area contributed by atoms with E-state index in [-0.39, 0.29) is 11.5 Å². The molecule has 0 saturated heterocycles. The molecule has 0 aromatic carbocycles. The van der Waals surface area contributed by atoms with Gasteiger partial charge in [0.1, 0.15) is 0 Å². The molecule has 0 heterocycles. The lowest BCUT2D eigenvalue weighted by Gasteiger charge is -2.31. The van der Waals surface area contributed by atoms with Gasteiger partial charge in [-0.1, -0.05) is 63.7 Å². The van der Waals surface area contributed by atoms with Crippen LogP contribution in [0.15, 0.2) is 24.3 Å². The summed E-state index contributed by atoms with van der Waals surface area (Å²) in [5.74, 6) is 0. The van der Waals surface area contributed by atoms with Gasteiger partial charge in [-0.05, 0) is 33.1 Å². The van der Waals surface area contributed by atoms with Crippen molar-refractivity contribution in [2.45, 2.75) is 85.2 Å². The Labute approximate surface area is 120 Å². The Hall–Kier alpha value is -0.560. The van der Waals surface area contributed by atoms with Gasteiger partial charge in [0.25, 0.3) is 0 Å². The van der Waals surface area contributed by atoms with Gasteiger partial charge < -0.3 is 5.11 Å². The molecule has 112 valence electrons. The van der Waals surface area contributed by atoms with E-state index in [9.17, 15) is 5.11 Å². The summed E-state index contributed by atoms with van der Waals surface area (Å²) in [7, 11) is 0. The first-order valence-corrected chi connectivity index (χ1v) is 7.91. The molecule has 19 heavy (non-hydrogen) atoms. The van der Waals surface area contributed by atoms with Crippen LogP contribution in [0, 0.1) is 5.41 Å². The number of rotatable bonds is 11. The lowest BCUT2D eigenvalue weighted by atomic mass is 9.78. The molecule has 1 heteroatoms. The predicted octanol–water partition coefficient (Wildman–Crippen LogP) is 5.65. The molecular formula is C18H34O. The maximum absolute atomic E-state index is 10.4. The van der Waals surface area contributed by atoms with E-state index in [1.807, 2.05) is 6.08 Å². The van der Waals surface area contributed by atoms with E-state index in [0.717, 1.165) is 25.7 Å². The molecular weight excluding hydrogens is 232 g/mol. The van der Waals surface area contributed by atoms with Gasteiger partial charge in [-0.2, -0.15) is 0 Å². The largest absolute Gasteiger partial charge is 0.392 e. The van der Waals surface area contributed by atoms with Crippen molar-refractivity contribution in [1.82, 2.24) is 0 Å². The lowest BCUT2D eigenvalue weighted by molar-refractivity contribution is 0.0553. The molecule has 0 rings (SSSR count). The second-order valence-corrected chi connectivity index (χ2v) is 6.25. The first kappa shape index (κ1) is 18.4. The van der Waals surface area contributed by atoms with Crippen molar-refractivity contribution in [3.05, 3.63) is 24.3 Å². The van der Waals surface area contributed by atoms with Gasteiger partial charge in [0.05, 0.1) is 6.10 Å². The van der Waals surface area contributed by atoms with E-state index in [4.69, 9.17) is 0 Å². The number of hydrogen-bond donors (Lipinski definition) is 1. The maximum atomic E-state index is 10.4. The highest BCUT2D eigenvalue weighted by Gasteiger charge is 2.28. The molecule has 0 fully saturated rings. The number of unbranched alkanes of at least 4 members (excludes halogenated alkanes) is 4. The van der Waals surface area contributed by atoms with Crippen molar-refractivity contribution in [2.24, 2.45) is 5.41 Å². The van der Waals surface area contributed by atoms with Gasteiger partial charge in [0.15, 0.2) is 0 Å². The van der Waals surface area contributed by atoms with Crippen LogP contribution in [0.4, 0.5) is 0 Å². The van der Waals surface area contributed by atoms with Crippen LogP contribution in [0.25, 0.3) is 0 Å². The summed E-state index contributed by atoms with van der Waals surface area (Å²) in [5, 5.41) is 10.4. The van der Waals surface area contributed by atoms with Crippen molar-refractivity contribution < 1.29 is 5.11 Å². The number of allylic oxidation sites excluding steroid dienone is 2. The SMILES string of the molecule is C=CC(C)(CCC=C(C)C)C(O)CCCCCCC. The van der Waals surface area contributed by atoms with Gasteiger partial charge in [-0.3, -0.25) is 0 Å². The van der Waals surface area contributed by atoms with Crippen LogP contribution in [-0.2, 0) is 0 Å². The van der Waals surface area contributed by atoms with Crippen LogP contribution in [0.2, 0.25) is 0 Å². The topological polar surface area (TPSA) is 20.2 Å². The summed E-state index contributed by atoms with van der Waals surface area (Å²) in [6.45, 7) is 12.5. The molecule has 2 unspecified atom stereocenters. The number of aliphatic hydroxyl groups excluding tert-OH is 1. The molecule has 0 radical (unpaired) electrons. The monoisotopic (exact) mass is 266 g/mol. The van der Waals surface area contributed by atoms with Gasteiger partial charge >= 0.3 is 0 Å². The second kappa shape index (κ2) is 10.3. The van der Waals surface area contributed by atoms with Crippen molar-refractivity contribution in [2.75, 3.05) is 0 Å². The normalized spacial score (nSPS) is 15.6. The third-order valence-corrected chi connectivity index (χ3v) is 4.04. The Morgan fingerprint density at radius 3 is 2.37 bits per heavy atom. The molecule has 0 bridgehead atoms. The molecule has 0 amide bonds. The van der Waals surface area contributed by atoms with Crippen LogP contribution in [0.3, 0.4) is 0 Å². The minimum absolute atomic E-state index is 0.142.